The molecule has 4 aromatic heterocycles. The number of hydrogen-bond acceptors (Lipinski definition) is 4. The smallest absolute Gasteiger partial charge is 0.248 e. The summed E-state index contributed by atoms with van der Waals surface area (Å²) in [5.74, 6) is 0.756. The molecule has 0 bridgehead atoms. The highest BCUT2D eigenvalue weighted by atomic mass is 32.1. The molecule has 0 N–H and O–H groups in total. The number of para-hydroxylation sites is 2. The number of rotatable bonds is 2. The number of furan rings is 1. The second-order valence-electron chi connectivity index (χ2n) is 11.0. The van der Waals surface area contributed by atoms with E-state index in [-0.39, 0.29) is 0 Å². The number of aromatic nitrogens is 3. The summed E-state index contributed by atoms with van der Waals surface area (Å²) in [6.07, 6.45) is 0. The van der Waals surface area contributed by atoms with Crippen LogP contribution in [0.4, 0.5) is 0 Å². The molecule has 0 saturated carbocycles. The number of benzene rings is 6. The van der Waals surface area contributed by atoms with E-state index in [2.05, 4.69) is 114 Å². The van der Waals surface area contributed by atoms with E-state index in [0.717, 1.165) is 44.6 Å². The minimum absolute atomic E-state index is 0.536. The summed E-state index contributed by atoms with van der Waals surface area (Å²) >= 11 is 1.82. The van der Waals surface area contributed by atoms with Crippen LogP contribution in [0.2, 0.25) is 0 Å². The van der Waals surface area contributed by atoms with Crippen LogP contribution >= 0.6 is 11.3 Å². The summed E-state index contributed by atoms with van der Waals surface area (Å²) in [4.78, 5) is 10.6. The minimum Gasteiger partial charge on any atom is -0.436 e. The van der Waals surface area contributed by atoms with Crippen LogP contribution in [-0.4, -0.2) is 14.5 Å². The summed E-state index contributed by atoms with van der Waals surface area (Å²) in [6, 6.07) is 45.0. The Balaban J connectivity index is 1.37. The third-order valence-electron chi connectivity index (χ3n) is 8.60. The molecule has 43 heavy (non-hydrogen) atoms. The van der Waals surface area contributed by atoms with Crippen molar-refractivity contribution >= 4 is 86.3 Å². The fourth-order valence-electron chi connectivity index (χ4n) is 6.62. The lowest BCUT2D eigenvalue weighted by Crippen LogP contribution is -2.03. The van der Waals surface area contributed by atoms with E-state index >= 15 is 0 Å². The maximum absolute atomic E-state index is 6.31. The van der Waals surface area contributed by atoms with Crippen LogP contribution < -0.4 is 0 Å². The van der Waals surface area contributed by atoms with Crippen molar-refractivity contribution in [2.45, 2.75) is 0 Å². The lowest BCUT2D eigenvalue weighted by molar-refractivity contribution is 0.652. The van der Waals surface area contributed by atoms with Gasteiger partial charge in [-0.2, -0.15) is 4.98 Å². The normalized spacial score (nSPS) is 12.2. The number of nitrogens with zero attached hydrogens (tertiary/aromatic N) is 3. The van der Waals surface area contributed by atoms with Crippen LogP contribution in [0.15, 0.2) is 132 Å². The van der Waals surface area contributed by atoms with E-state index in [9.17, 15) is 0 Å². The Bertz CT molecular complexity index is 2750. The van der Waals surface area contributed by atoms with E-state index in [1.54, 1.807) is 0 Å². The first-order chi connectivity index (χ1) is 21.3. The Morgan fingerprint density at radius 2 is 1.26 bits per heavy atom. The van der Waals surface area contributed by atoms with Gasteiger partial charge in [0.05, 0.1) is 11.0 Å². The van der Waals surface area contributed by atoms with Crippen molar-refractivity contribution in [2.75, 3.05) is 0 Å². The molecule has 0 saturated heterocycles. The second-order valence-corrected chi connectivity index (χ2v) is 12.1. The van der Waals surface area contributed by atoms with Crippen LogP contribution in [-0.2, 0) is 0 Å². The predicted molar refractivity (Wildman–Crippen MR) is 179 cm³/mol. The number of hydrogen-bond donors (Lipinski definition) is 0. The second kappa shape index (κ2) is 8.51. The molecule has 10 rings (SSSR count). The molecule has 0 amide bonds. The third-order valence-corrected chi connectivity index (χ3v) is 9.75. The lowest BCUT2D eigenvalue weighted by Gasteiger charge is -2.13. The molecule has 4 heterocycles. The average molecular weight is 568 g/mol. The Hall–Kier alpha value is -5.52. The molecule has 200 valence electrons. The maximum atomic E-state index is 6.31. The molecule has 4 nitrogen and oxygen atoms in total. The topological polar surface area (TPSA) is 43.9 Å². The zero-order chi connectivity index (χ0) is 28.1. The van der Waals surface area contributed by atoms with Gasteiger partial charge in [-0.3, -0.25) is 4.57 Å². The largest absolute Gasteiger partial charge is 0.436 e. The van der Waals surface area contributed by atoms with Crippen LogP contribution in [0.3, 0.4) is 0 Å². The molecule has 0 fully saturated rings. The third kappa shape index (κ3) is 3.25. The maximum Gasteiger partial charge on any atom is 0.248 e. The Morgan fingerprint density at radius 1 is 0.535 bits per heavy atom. The van der Waals surface area contributed by atoms with Crippen molar-refractivity contribution in [2.24, 2.45) is 0 Å². The molecule has 0 radical (unpaired) electrons. The zero-order valence-electron chi connectivity index (χ0n) is 22.8. The van der Waals surface area contributed by atoms with Gasteiger partial charge in [0.25, 0.3) is 0 Å². The fourth-order valence-corrected chi connectivity index (χ4v) is 7.71. The van der Waals surface area contributed by atoms with E-state index < -0.39 is 0 Å². The molecular formula is C38H21N3OS. The molecule has 0 atom stereocenters. The van der Waals surface area contributed by atoms with Gasteiger partial charge in [-0.1, -0.05) is 78.9 Å². The average Bonchev–Trinajstić information content (AvgIpc) is 3.71. The molecular weight excluding hydrogens is 547 g/mol. The highest BCUT2D eigenvalue weighted by Gasteiger charge is 2.22. The van der Waals surface area contributed by atoms with Gasteiger partial charge in [0, 0.05) is 41.9 Å². The quantitative estimate of drug-likeness (QED) is 0.209. The SMILES string of the molecule is c1ccc2cc3c(cc2c1)c1ccccc1n3-c1nc2oc3ccccc3c2nc1-c1ccc2sc3ccccc3c2c1. The van der Waals surface area contributed by atoms with Crippen LogP contribution in [0.25, 0.3) is 92.0 Å². The highest BCUT2D eigenvalue weighted by molar-refractivity contribution is 7.25. The van der Waals surface area contributed by atoms with Crippen molar-refractivity contribution in [1.29, 1.82) is 0 Å². The Morgan fingerprint density at radius 3 is 2.16 bits per heavy atom. The standard InChI is InChI=1S/C38H21N3OS/c1-2-10-23-21-31-28(19-22(23)9-1)25-11-3-6-14-30(25)41(31)37-35(39-36-27-13-4-7-15-32(27)42-38(36)40-37)24-17-18-34-29(20-24)26-12-5-8-16-33(26)43-34/h1-21H. The van der Waals surface area contributed by atoms with Gasteiger partial charge in [0.15, 0.2) is 5.82 Å². The molecule has 0 aliphatic rings. The van der Waals surface area contributed by atoms with Gasteiger partial charge in [0.2, 0.25) is 5.71 Å². The molecule has 0 aliphatic heterocycles. The van der Waals surface area contributed by atoms with E-state index in [4.69, 9.17) is 14.4 Å². The lowest BCUT2D eigenvalue weighted by atomic mass is 10.1. The Labute approximate surface area is 249 Å². The predicted octanol–water partition coefficient (Wildman–Crippen LogP) is 10.7. The molecule has 0 spiro atoms. The molecule has 0 aliphatic carbocycles. The summed E-state index contributed by atoms with van der Waals surface area (Å²) in [6.45, 7) is 0. The zero-order valence-corrected chi connectivity index (χ0v) is 23.6. The molecule has 6 aromatic carbocycles. The van der Waals surface area contributed by atoms with E-state index in [1.165, 1.54) is 41.7 Å². The highest BCUT2D eigenvalue weighted by Crippen LogP contribution is 2.41. The first-order valence-corrected chi connectivity index (χ1v) is 15.2. The summed E-state index contributed by atoms with van der Waals surface area (Å²) in [5.41, 5.74) is 6.12. The van der Waals surface area contributed by atoms with E-state index in [0.29, 0.717) is 5.71 Å². The van der Waals surface area contributed by atoms with Gasteiger partial charge in [-0.05, 0) is 59.3 Å². The fraction of sp³-hybridized carbons (Fsp3) is 0. The molecule has 0 unspecified atom stereocenters. The van der Waals surface area contributed by atoms with Crippen LogP contribution in [0.1, 0.15) is 0 Å². The van der Waals surface area contributed by atoms with Crippen molar-refractivity contribution in [3.8, 4) is 17.1 Å². The monoisotopic (exact) mass is 567 g/mol. The number of thiophene rings is 1. The molecule has 5 heteroatoms. The minimum atomic E-state index is 0.536. The number of fused-ring (bicyclic) bond motifs is 10. The van der Waals surface area contributed by atoms with Gasteiger partial charge in [-0.15, -0.1) is 11.3 Å². The van der Waals surface area contributed by atoms with Gasteiger partial charge >= 0.3 is 0 Å². The first kappa shape index (κ1) is 23.1. The van der Waals surface area contributed by atoms with Crippen molar-refractivity contribution in [3.63, 3.8) is 0 Å². The van der Waals surface area contributed by atoms with Crippen molar-refractivity contribution in [3.05, 3.63) is 127 Å². The first-order valence-electron chi connectivity index (χ1n) is 14.3. The van der Waals surface area contributed by atoms with Crippen LogP contribution in [0, 0.1) is 0 Å². The van der Waals surface area contributed by atoms with Crippen molar-refractivity contribution < 1.29 is 4.42 Å². The van der Waals surface area contributed by atoms with Gasteiger partial charge in [-0.25, -0.2) is 4.98 Å². The van der Waals surface area contributed by atoms with Gasteiger partial charge in [0.1, 0.15) is 16.8 Å². The summed E-state index contributed by atoms with van der Waals surface area (Å²) < 4.78 is 11.1. The Kier molecular flexibility index (Phi) is 4.57. The van der Waals surface area contributed by atoms with E-state index in [1.807, 2.05) is 29.5 Å². The van der Waals surface area contributed by atoms with Crippen molar-refractivity contribution in [1.82, 2.24) is 14.5 Å². The summed E-state index contributed by atoms with van der Waals surface area (Å²) in [5, 5.41) is 8.23. The summed E-state index contributed by atoms with van der Waals surface area (Å²) in [7, 11) is 0. The van der Waals surface area contributed by atoms with Gasteiger partial charge < -0.3 is 4.42 Å². The molecule has 10 aromatic rings. The van der Waals surface area contributed by atoms with Crippen LogP contribution in [0.5, 0.6) is 0 Å².